The molecule has 0 spiro atoms. The first-order chi connectivity index (χ1) is 14.3. The van der Waals surface area contributed by atoms with Gasteiger partial charge in [-0.3, -0.25) is 10.1 Å². The van der Waals surface area contributed by atoms with E-state index in [0.29, 0.717) is 17.1 Å². The van der Waals surface area contributed by atoms with E-state index in [-0.39, 0.29) is 29.0 Å². The van der Waals surface area contributed by atoms with Crippen molar-refractivity contribution in [3.05, 3.63) is 52.1 Å². The summed E-state index contributed by atoms with van der Waals surface area (Å²) < 4.78 is 44.8. The summed E-state index contributed by atoms with van der Waals surface area (Å²) >= 11 is 0. The second-order valence-electron chi connectivity index (χ2n) is 6.91. The van der Waals surface area contributed by atoms with Crippen molar-refractivity contribution in [3.8, 4) is 17.2 Å². The minimum absolute atomic E-state index is 0.0684. The van der Waals surface area contributed by atoms with Gasteiger partial charge < -0.3 is 14.2 Å². The van der Waals surface area contributed by atoms with E-state index < -0.39 is 14.9 Å². The zero-order chi connectivity index (χ0) is 21.7. The lowest BCUT2D eigenvalue weighted by Crippen LogP contribution is -2.25. The van der Waals surface area contributed by atoms with Gasteiger partial charge in [0.1, 0.15) is 22.1 Å². The zero-order valence-corrected chi connectivity index (χ0v) is 17.6. The van der Waals surface area contributed by atoms with Gasteiger partial charge in [0.25, 0.3) is 5.69 Å². The molecule has 2 aromatic carbocycles. The van der Waals surface area contributed by atoms with E-state index in [1.54, 1.807) is 18.2 Å². The van der Waals surface area contributed by atoms with Crippen molar-refractivity contribution in [2.75, 3.05) is 14.2 Å². The molecule has 30 heavy (non-hydrogen) atoms. The Morgan fingerprint density at radius 3 is 2.43 bits per heavy atom. The lowest BCUT2D eigenvalue weighted by Gasteiger charge is -2.17. The van der Waals surface area contributed by atoms with Gasteiger partial charge in [0.05, 0.1) is 25.2 Å². The van der Waals surface area contributed by atoms with Crippen LogP contribution >= 0.6 is 0 Å². The molecular weight excluding hydrogens is 412 g/mol. The molecule has 1 N–H and O–H groups in total. The summed E-state index contributed by atoms with van der Waals surface area (Å²) in [6, 6.07) is 8.63. The molecule has 0 heterocycles. The maximum atomic E-state index is 13.0. The van der Waals surface area contributed by atoms with Gasteiger partial charge in [-0.05, 0) is 37.8 Å². The fourth-order valence-electron chi connectivity index (χ4n) is 3.35. The third-order valence-electron chi connectivity index (χ3n) is 4.97. The highest BCUT2D eigenvalue weighted by Crippen LogP contribution is 2.32. The maximum Gasteiger partial charge on any atom is 0.271 e. The molecule has 0 aliphatic heterocycles. The SMILES string of the molecule is COc1ccc(CNS(=O)(=O)c2cc([N+](=O)[O-])ccc2OC2CCCC2)c(OC)c1. The molecule has 0 radical (unpaired) electrons. The molecule has 0 bridgehead atoms. The Kier molecular flexibility index (Phi) is 6.78. The monoisotopic (exact) mass is 436 g/mol. The molecule has 0 atom stereocenters. The van der Waals surface area contributed by atoms with Crippen LogP contribution in [-0.2, 0) is 16.6 Å². The van der Waals surface area contributed by atoms with Crippen LogP contribution in [-0.4, -0.2) is 33.7 Å². The van der Waals surface area contributed by atoms with Crippen molar-refractivity contribution in [2.45, 2.75) is 43.2 Å². The predicted molar refractivity (Wildman–Crippen MR) is 110 cm³/mol. The first kappa shape index (κ1) is 21.8. The van der Waals surface area contributed by atoms with E-state index >= 15 is 0 Å². The number of nitro groups is 1. The molecule has 162 valence electrons. The Labute approximate surface area is 175 Å². The molecule has 0 unspecified atom stereocenters. The van der Waals surface area contributed by atoms with Gasteiger partial charge in [0, 0.05) is 30.3 Å². The highest BCUT2D eigenvalue weighted by molar-refractivity contribution is 7.89. The minimum Gasteiger partial charge on any atom is -0.497 e. The number of non-ortho nitro benzene ring substituents is 1. The van der Waals surface area contributed by atoms with Crippen LogP contribution in [0.1, 0.15) is 31.2 Å². The van der Waals surface area contributed by atoms with Crippen molar-refractivity contribution >= 4 is 15.7 Å². The van der Waals surface area contributed by atoms with Crippen LogP contribution in [0.25, 0.3) is 0 Å². The highest BCUT2D eigenvalue weighted by Gasteiger charge is 2.26. The van der Waals surface area contributed by atoms with E-state index in [1.165, 1.54) is 26.4 Å². The van der Waals surface area contributed by atoms with Crippen LogP contribution in [0.2, 0.25) is 0 Å². The molecule has 0 amide bonds. The predicted octanol–water partition coefficient (Wildman–Crippen LogP) is 3.41. The summed E-state index contributed by atoms with van der Waals surface area (Å²) in [5.41, 5.74) is 0.266. The Hall–Kier alpha value is -2.85. The third kappa shape index (κ3) is 5.00. The number of sulfonamides is 1. The van der Waals surface area contributed by atoms with Crippen LogP contribution in [0.3, 0.4) is 0 Å². The molecule has 9 nitrogen and oxygen atoms in total. The Balaban J connectivity index is 1.88. The summed E-state index contributed by atoms with van der Waals surface area (Å²) in [5, 5.41) is 11.2. The summed E-state index contributed by atoms with van der Waals surface area (Å²) in [6.07, 6.45) is 3.58. The number of nitrogens with zero attached hydrogens (tertiary/aromatic N) is 1. The quantitative estimate of drug-likeness (QED) is 0.473. The minimum atomic E-state index is -4.09. The smallest absolute Gasteiger partial charge is 0.271 e. The number of hydrogen-bond donors (Lipinski definition) is 1. The molecule has 2 aromatic rings. The average molecular weight is 436 g/mol. The first-order valence-electron chi connectivity index (χ1n) is 9.49. The van der Waals surface area contributed by atoms with Gasteiger partial charge in [0.15, 0.2) is 0 Å². The number of rotatable bonds is 9. The normalized spacial score (nSPS) is 14.5. The number of methoxy groups -OCH3 is 2. The summed E-state index contributed by atoms with van der Waals surface area (Å²) in [6.45, 7) is -0.0684. The largest absolute Gasteiger partial charge is 0.497 e. The van der Waals surface area contributed by atoms with Crippen molar-refractivity contribution < 1.29 is 27.6 Å². The lowest BCUT2D eigenvalue weighted by molar-refractivity contribution is -0.385. The molecule has 0 aromatic heterocycles. The summed E-state index contributed by atoms with van der Waals surface area (Å²) in [4.78, 5) is 10.3. The van der Waals surface area contributed by atoms with Crippen LogP contribution in [0, 0.1) is 10.1 Å². The number of nitrogens with one attached hydrogen (secondary N) is 1. The topological polar surface area (TPSA) is 117 Å². The summed E-state index contributed by atoms with van der Waals surface area (Å²) in [5.74, 6) is 1.14. The van der Waals surface area contributed by atoms with E-state index in [2.05, 4.69) is 4.72 Å². The lowest BCUT2D eigenvalue weighted by atomic mass is 10.2. The number of benzene rings is 2. The Morgan fingerprint density at radius 1 is 1.07 bits per heavy atom. The fraction of sp³-hybridized carbons (Fsp3) is 0.400. The molecule has 0 saturated heterocycles. The van der Waals surface area contributed by atoms with Crippen molar-refractivity contribution in [3.63, 3.8) is 0 Å². The standard InChI is InChI=1S/C20H24N2O7S/c1-27-17-9-7-14(19(12-17)28-2)13-21-30(25,26)20-11-15(22(23)24)8-10-18(20)29-16-5-3-4-6-16/h7-12,16,21H,3-6,13H2,1-2H3. The van der Waals surface area contributed by atoms with Crippen LogP contribution in [0.4, 0.5) is 5.69 Å². The number of ether oxygens (including phenoxy) is 3. The molecule has 1 aliphatic carbocycles. The average Bonchev–Trinajstić information content (AvgIpc) is 3.25. The zero-order valence-electron chi connectivity index (χ0n) is 16.8. The Morgan fingerprint density at radius 2 is 1.80 bits per heavy atom. The van der Waals surface area contributed by atoms with E-state index in [1.807, 2.05) is 0 Å². The fourth-order valence-corrected chi connectivity index (χ4v) is 4.51. The van der Waals surface area contributed by atoms with E-state index in [0.717, 1.165) is 31.7 Å². The molecule has 10 heteroatoms. The van der Waals surface area contributed by atoms with Crippen molar-refractivity contribution in [2.24, 2.45) is 0 Å². The van der Waals surface area contributed by atoms with Gasteiger partial charge in [-0.25, -0.2) is 13.1 Å². The molecule has 1 aliphatic rings. The van der Waals surface area contributed by atoms with Crippen molar-refractivity contribution in [1.29, 1.82) is 0 Å². The van der Waals surface area contributed by atoms with Crippen molar-refractivity contribution in [1.82, 2.24) is 4.72 Å². The Bertz CT molecular complexity index is 1020. The van der Waals surface area contributed by atoms with Gasteiger partial charge in [0.2, 0.25) is 10.0 Å². The molecule has 1 fully saturated rings. The number of hydrogen-bond acceptors (Lipinski definition) is 7. The molecular formula is C20H24N2O7S. The van der Waals surface area contributed by atoms with Crippen LogP contribution < -0.4 is 18.9 Å². The van der Waals surface area contributed by atoms with Gasteiger partial charge in [-0.1, -0.05) is 6.07 Å². The first-order valence-corrected chi connectivity index (χ1v) is 11.0. The van der Waals surface area contributed by atoms with E-state index in [4.69, 9.17) is 14.2 Å². The van der Waals surface area contributed by atoms with E-state index in [9.17, 15) is 18.5 Å². The molecule has 1 saturated carbocycles. The van der Waals surface area contributed by atoms with Crippen LogP contribution in [0.5, 0.6) is 17.2 Å². The van der Waals surface area contributed by atoms with Gasteiger partial charge in [-0.2, -0.15) is 0 Å². The highest BCUT2D eigenvalue weighted by atomic mass is 32.2. The second-order valence-corrected chi connectivity index (χ2v) is 8.65. The number of nitro benzene ring substituents is 1. The van der Waals surface area contributed by atoms with Gasteiger partial charge in [-0.15, -0.1) is 0 Å². The van der Waals surface area contributed by atoms with Crippen LogP contribution in [0.15, 0.2) is 41.3 Å². The molecule has 3 rings (SSSR count). The maximum absolute atomic E-state index is 13.0. The third-order valence-corrected chi connectivity index (χ3v) is 6.39. The van der Waals surface area contributed by atoms with Gasteiger partial charge >= 0.3 is 0 Å². The summed E-state index contributed by atoms with van der Waals surface area (Å²) in [7, 11) is -1.10. The second kappa shape index (κ2) is 9.31.